The monoisotopic (exact) mass is 399 g/mol. The van der Waals surface area contributed by atoms with Crippen molar-refractivity contribution in [1.29, 1.82) is 0 Å². The number of rotatable bonds is 9. The van der Waals surface area contributed by atoms with E-state index in [9.17, 15) is 9.18 Å². The second kappa shape index (κ2) is 9.68. The molecule has 0 fully saturated rings. The molecule has 7 nitrogen and oxygen atoms in total. The van der Waals surface area contributed by atoms with Crippen LogP contribution in [-0.2, 0) is 17.6 Å². The summed E-state index contributed by atoms with van der Waals surface area (Å²) < 4.78 is 29.7. The van der Waals surface area contributed by atoms with Crippen LogP contribution in [0.5, 0.6) is 11.5 Å². The Morgan fingerprint density at radius 3 is 2.62 bits per heavy atom. The Morgan fingerprint density at radius 2 is 1.86 bits per heavy atom. The molecule has 0 bridgehead atoms. The molecule has 0 atom stereocenters. The lowest BCUT2D eigenvalue weighted by molar-refractivity contribution is -0.121. The van der Waals surface area contributed by atoms with Crippen LogP contribution in [0.2, 0.25) is 0 Å². The van der Waals surface area contributed by atoms with Gasteiger partial charge in [0, 0.05) is 19.4 Å². The average molecular weight is 399 g/mol. The van der Waals surface area contributed by atoms with Crippen LogP contribution < -0.4 is 14.8 Å². The zero-order valence-corrected chi connectivity index (χ0v) is 16.3. The molecule has 0 aliphatic carbocycles. The number of methoxy groups -OCH3 is 2. The molecule has 1 N–H and O–H groups in total. The van der Waals surface area contributed by atoms with E-state index in [0.717, 1.165) is 5.56 Å². The number of hydrogen-bond acceptors (Lipinski definition) is 6. The summed E-state index contributed by atoms with van der Waals surface area (Å²) in [6, 6.07) is 11.8. The quantitative estimate of drug-likeness (QED) is 0.595. The van der Waals surface area contributed by atoms with Gasteiger partial charge in [0.1, 0.15) is 5.82 Å². The van der Waals surface area contributed by atoms with Gasteiger partial charge in [-0.3, -0.25) is 4.79 Å². The van der Waals surface area contributed by atoms with Gasteiger partial charge in [0.2, 0.25) is 11.8 Å². The van der Waals surface area contributed by atoms with Gasteiger partial charge < -0.3 is 19.2 Å². The molecule has 0 aliphatic heterocycles. The first kappa shape index (κ1) is 20.3. The Balaban J connectivity index is 1.46. The van der Waals surface area contributed by atoms with Crippen molar-refractivity contribution in [2.24, 2.45) is 0 Å². The number of aryl methyl sites for hydroxylation is 1. The zero-order valence-electron chi connectivity index (χ0n) is 16.3. The summed E-state index contributed by atoms with van der Waals surface area (Å²) in [6.07, 6.45) is 1.14. The van der Waals surface area contributed by atoms with Crippen molar-refractivity contribution in [2.75, 3.05) is 20.8 Å². The fourth-order valence-corrected chi connectivity index (χ4v) is 2.79. The third-order valence-electron chi connectivity index (χ3n) is 4.32. The Kier molecular flexibility index (Phi) is 6.78. The molecular weight excluding hydrogens is 377 g/mol. The van der Waals surface area contributed by atoms with Crippen LogP contribution in [0.15, 0.2) is 46.9 Å². The number of aromatic nitrogens is 2. The number of hydrogen-bond donors (Lipinski definition) is 1. The maximum atomic E-state index is 13.8. The molecule has 2 aromatic carbocycles. The standard InChI is InChI=1S/C21H22FN3O4/c1-27-17-8-7-14(13-18(17)28-2)11-12-23-19(26)9-10-20-24-25-21(29-20)15-5-3-4-6-16(15)22/h3-8,13H,9-12H2,1-2H3,(H,23,26). The van der Waals surface area contributed by atoms with Crippen LogP contribution >= 0.6 is 0 Å². The molecule has 0 aliphatic rings. The van der Waals surface area contributed by atoms with Gasteiger partial charge in [-0.25, -0.2) is 4.39 Å². The van der Waals surface area contributed by atoms with Crippen LogP contribution in [0.1, 0.15) is 17.9 Å². The number of ether oxygens (including phenoxy) is 2. The third-order valence-corrected chi connectivity index (χ3v) is 4.32. The first-order chi connectivity index (χ1) is 14.1. The van der Waals surface area contributed by atoms with E-state index in [1.165, 1.54) is 6.07 Å². The molecule has 0 radical (unpaired) electrons. The molecule has 3 rings (SSSR count). The number of benzene rings is 2. The summed E-state index contributed by atoms with van der Waals surface area (Å²) in [6.45, 7) is 0.485. The molecule has 29 heavy (non-hydrogen) atoms. The van der Waals surface area contributed by atoms with Gasteiger partial charge in [-0.15, -0.1) is 10.2 Å². The Labute approximate surface area is 167 Å². The van der Waals surface area contributed by atoms with Gasteiger partial charge in [0.25, 0.3) is 5.89 Å². The minimum atomic E-state index is -0.435. The topological polar surface area (TPSA) is 86.5 Å². The highest BCUT2D eigenvalue weighted by atomic mass is 19.1. The van der Waals surface area contributed by atoms with Gasteiger partial charge >= 0.3 is 0 Å². The fraction of sp³-hybridized carbons (Fsp3) is 0.286. The number of nitrogens with one attached hydrogen (secondary N) is 1. The molecule has 0 saturated heterocycles. The highest BCUT2D eigenvalue weighted by Gasteiger charge is 2.13. The molecular formula is C21H22FN3O4. The SMILES string of the molecule is COc1ccc(CCNC(=O)CCc2nnc(-c3ccccc3F)o2)cc1OC. The predicted molar refractivity (Wildman–Crippen MR) is 104 cm³/mol. The van der Waals surface area contributed by atoms with Gasteiger partial charge in [0.15, 0.2) is 11.5 Å². The molecule has 0 unspecified atom stereocenters. The van der Waals surface area contributed by atoms with E-state index in [1.807, 2.05) is 18.2 Å². The smallest absolute Gasteiger partial charge is 0.250 e. The van der Waals surface area contributed by atoms with Crippen molar-refractivity contribution >= 4 is 5.91 Å². The number of halogens is 1. The summed E-state index contributed by atoms with van der Waals surface area (Å²) in [4.78, 5) is 12.1. The highest BCUT2D eigenvalue weighted by Crippen LogP contribution is 2.27. The lowest BCUT2D eigenvalue weighted by atomic mass is 10.1. The molecule has 1 aromatic heterocycles. The number of carbonyl (C=O) groups is 1. The molecule has 0 saturated carbocycles. The largest absolute Gasteiger partial charge is 0.493 e. The van der Waals surface area contributed by atoms with Crippen molar-refractivity contribution in [3.05, 3.63) is 59.7 Å². The van der Waals surface area contributed by atoms with Crippen LogP contribution in [0.3, 0.4) is 0 Å². The summed E-state index contributed by atoms with van der Waals surface area (Å²) in [7, 11) is 3.17. The predicted octanol–water partition coefficient (Wildman–Crippen LogP) is 3.18. The Bertz CT molecular complexity index is 974. The van der Waals surface area contributed by atoms with Gasteiger partial charge in [-0.1, -0.05) is 18.2 Å². The first-order valence-electron chi connectivity index (χ1n) is 9.15. The van der Waals surface area contributed by atoms with Crippen LogP contribution in [0.4, 0.5) is 4.39 Å². The minimum Gasteiger partial charge on any atom is -0.493 e. The van der Waals surface area contributed by atoms with Crippen molar-refractivity contribution in [1.82, 2.24) is 15.5 Å². The van der Waals surface area contributed by atoms with Crippen molar-refractivity contribution < 1.29 is 23.1 Å². The Morgan fingerprint density at radius 1 is 1.07 bits per heavy atom. The van der Waals surface area contributed by atoms with E-state index in [1.54, 1.807) is 32.4 Å². The molecule has 1 amide bonds. The number of amides is 1. The third kappa shape index (κ3) is 5.31. The van der Waals surface area contributed by atoms with Crippen molar-refractivity contribution in [2.45, 2.75) is 19.3 Å². The van der Waals surface area contributed by atoms with Gasteiger partial charge in [0.05, 0.1) is 19.8 Å². The average Bonchev–Trinajstić information content (AvgIpc) is 3.21. The number of nitrogens with zero attached hydrogens (tertiary/aromatic N) is 2. The van der Waals surface area contributed by atoms with E-state index in [4.69, 9.17) is 13.9 Å². The van der Waals surface area contributed by atoms with Gasteiger partial charge in [-0.05, 0) is 36.2 Å². The second-order valence-electron chi connectivity index (χ2n) is 6.27. The molecule has 8 heteroatoms. The van der Waals surface area contributed by atoms with E-state index in [-0.39, 0.29) is 30.2 Å². The summed E-state index contributed by atoms with van der Waals surface area (Å²) in [5, 5.41) is 10.6. The van der Waals surface area contributed by atoms with Crippen LogP contribution in [-0.4, -0.2) is 36.9 Å². The summed E-state index contributed by atoms with van der Waals surface area (Å²) in [5.41, 5.74) is 1.26. The maximum absolute atomic E-state index is 13.8. The van der Waals surface area contributed by atoms with Crippen LogP contribution in [0, 0.1) is 5.82 Å². The van der Waals surface area contributed by atoms with Crippen molar-refractivity contribution in [3.8, 4) is 23.0 Å². The Hall–Kier alpha value is -3.42. The normalized spacial score (nSPS) is 10.6. The molecule has 1 heterocycles. The van der Waals surface area contributed by atoms with Crippen molar-refractivity contribution in [3.63, 3.8) is 0 Å². The summed E-state index contributed by atoms with van der Waals surface area (Å²) in [5.74, 6) is 1.14. The molecule has 3 aromatic rings. The first-order valence-corrected chi connectivity index (χ1v) is 9.15. The van der Waals surface area contributed by atoms with E-state index >= 15 is 0 Å². The van der Waals surface area contributed by atoms with E-state index in [0.29, 0.717) is 30.4 Å². The lowest BCUT2D eigenvalue weighted by Crippen LogP contribution is -2.25. The zero-order chi connectivity index (χ0) is 20.6. The molecule has 0 spiro atoms. The summed E-state index contributed by atoms with van der Waals surface area (Å²) >= 11 is 0. The second-order valence-corrected chi connectivity index (χ2v) is 6.27. The van der Waals surface area contributed by atoms with Gasteiger partial charge in [-0.2, -0.15) is 0 Å². The number of carbonyl (C=O) groups excluding carboxylic acids is 1. The lowest BCUT2D eigenvalue weighted by Gasteiger charge is -2.10. The highest BCUT2D eigenvalue weighted by molar-refractivity contribution is 5.76. The fourth-order valence-electron chi connectivity index (χ4n) is 2.79. The van der Waals surface area contributed by atoms with Crippen LogP contribution in [0.25, 0.3) is 11.5 Å². The van der Waals surface area contributed by atoms with E-state index in [2.05, 4.69) is 15.5 Å². The molecule has 152 valence electrons. The minimum absolute atomic E-state index is 0.104. The maximum Gasteiger partial charge on any atom is 0.250 e. The van der Waals surface area contributed by atoms with E-state index < -0.39 is 5.82 Å².